The Morgan fingerprint density at radius 2 is 2.29 bits per heavy atom. The van der Waals surface area contributed by atoms with Crippen molar-refractivity contribution in [3.05, 3.63) is 57.8 Å². The van der Waals surface area contributed by atoms with Crippen LogP contribution in [0.4, 0.5) is 0 Å². The standard InChI is InChI=1S/C16H18BrN3O/c1-21-14-9-11(17)5-7-12(14)16(20-18)13-6-4-10-3-2-8-19-15(10)13/h2-3,5,7-9,13,16,20H,4,6,18H2,1H3. The number of nitrogens with one attached hydrogen (secondary N) is 1. The molecule has 2 aromatic rings. The lowest BCUT2D eigenvalue weighted by molar-refractivity contribution is 0.383. The molecule has 3 rings (SSSR count). The SMILES string of the molecule is COc1cc(Br)ccc1C(NN)C1CCc2cccnc21. The van der Waals surface area contributed by atoms with E-state index in [0.717, 1.165) is 34.3 Å². The first-order valence-electron chi connectivity index (χ1n) is 6.98. The predicted octanol–water partition coefficient (Wildman–Crippen LogP) is 3.09. The number of halogens is 1. The summed E-state index contributed by atoms with van der Waals surface area (Å²) >= 11 is 3.47. The van der Waals surface area contributed by atoms with Gasteiger partial charge in [0.15, 0.2) is 0 Å². The fourth-order valence-corrected chi connectivity index (χ4v) is 3.47. The number of hydrazine groups is 1. The minimum Gasteiger partial charge on any atom is -0.496 e. The van der Waals surface area contributed by atoms with E-state index in [4.69, 9.17) is 10.6 Å². The summed E-state index contributed by atoms with van der Waals surface area (Å²) in [6.07, 6.45) is 3.94. The van der Waals surface area contributed by atoms with Gasteiger partial charge in [-0.2, -0.15) is 0 Å². The lowest BCUT2D eigenvalue weighted by Crippen LogP contribution is -2.32. The molecule has 0 amide bonds. The average Bonchev–Trinajstić information content (AvgIpc) is 2.93. The van der Waals surface area contributed by atoms with Crippen LogP contribution in [0.2, 0.25) is 0 Å². The van der Waals surface area contributed by atoms with Crippen molar-refractivity contribution in [1.29, 1.82) is 0 Å². The van der Waals surface area contributed by atoms with Gasteiger partial charge >= 0.3 is 0 Å². The number of methoxy groups -OCH3 is 1. The lowest BCUT2D eigenvalue weighted by Gasteiger charge is -2.25. The Hall–Kier alpha value is -1.43. The van der Waals surface area contributed by atoms with Gasteiger partial charge in [-0.3, -0.25) is 16.3 Å². The maximum absolute atomic E-state index is 5.86. The Morgan fingerprint density at radius 1 is 1.43 bits per heavy atom. The van der Waals surface area contributed by atoms with Gasteiger partial charge in [-0.05, 0) is 36.6 Å². The van der Waals surface area contributed by atoms with E-state index in [1.165, 1.54) is 5.56 Å². The molecule has 1 aromatic heterocycles. The fourth-order valence-electron chi connectivity index (χ4n) is 3.13. The van der Waals surface area contributed by atoms with Crippen LogP contribution in [0.5, 0.6) is 5.75 Å². The van der Waals surface area contributed by atoms with Crippen LogP contribution in [0.15, 0.2) is 41.0 Å². The maximum Gasteiger partial charge on any atom is 0.124 e. The molecule has 0 bridgehead atoms. The van der Waals surface area contributed by atoms with Crippen LogP contribution in [0, 0.1) is 0 Å². The third-order valence-corrected chi connectivity index (χ3v) is 4.61. The van der Waals surface area contributed by atoms with Gasteiger partial charge in [0.2, 0.25) is 0 Å². The first kappa shape index (κ1) is 14.5. The van der Waals surface area contributed by atoms with E-state index in [2.05, 4.69) is 32.4 Å². The van der Waals surface area contributed by atoms with E-state index in [-0.39, 0.29) is 12.0 Å². The molecule has 0 radical (unpaired) electrons. The summed E-state index contributed by atoms with van der Waals surface area (Å²) in [4.78, 5) is 4.56. The molecule has 1 aliphatic carbocycles. The minimum absolute atomic E-state index is 0.0100. The number of ether oxygens (including phenoxy) is 1. The molecular formula is C16H18BrN3O. The van der Waals surface area contributed by atoms with Gasteiger partial charge in [0.05, 0.1) is 13.2 Å². The molecule has 3 N–H and O–H groups in total. The Morgan fingerprint density at radius 3 is 3.05 bits per heavy atom. The van der Waals surface area contributed by atoms with Crippen LogP contribution in [-0.2, 0) is 6.42 Å². The van der Waals surface area contributed by atoms with Crippen molar-refractivity contribution in [2.45, 2.75) is 24.8 Å². The minimum atomic E-state index is -0.0100. The zero-order valence-corrected chi connectivity index (χ0v) is 13.4. The second-order valence-corrected chi connectivity index (χ2v) is 6.14. The molecule has 1 aromatic carbocycles. The predicted molar refractivity (Wildman–Crippen MR) is 86.1 cm³/mol. The molecule has 110 valence electrons. The van der Waals surface area contributed by atoms with E-state index in [0.29, 0.717) is 0 Å². The summed E-state index contributed by atoms with van der Waals surface area (Å²) in [6.45, 7) is 0. The molecular weight excluding hydrogens is 330 g/mol. The van der Waals surface area contributed by atoms with E-state index >= 15 is 0 Å². The van der Waals surface area contributed by atoms with Crippen LogP contribution in [0.1, 0.15) is 35.2 Å². The Balaban J connectivity index is 2.00. The maximum atomic E-state index is 5.86. The largest absolute Gasteiger partial charge is 0.496 e. The van der Waals surface area contributed by atoms with Gasteiger partial charge in [-0.25, -0.2) is 0 Å². The molecule has 0 spiro atoms. The molecule has 1 aliphatic rings. The highest BCUT2D eigenvalue weighted by Gasteiger charge is 2.32. The molecule has 0 aliphatic heterocycles. The fraction of sp³-hybridized carbons (Fsp3) is 0.312. The Kier molecular flexibility index (Phi) is 4.24. The molecule has 0 saturated heterocycles. The molecule has 0 fully saturated rings. The molecule has 1 heterocycles. The number of benzene rings is 1. The summed E-state index contributed by atoms with van der Waals surface area (Å²) in [5.74, 6) is 6.95. The van der Waals surface area contributed by atoms with Crippen molar-refractivity contribution in [3.8, 4) is 5.75 Å². The van der Waals surface area contributed by atoms with Gasteiger partial charge in [0, 0.05) is 27.8 Å². The summed E-state index contributed by atoms with van der Waals surface area (Å²) in [5, 5.41) is 0. The van der Waals surface area contributed by atoms with Crippen molar-refractivity contribution in [2.75, 3.05) is 7.11 Å². The first-order valence-corrected chi connectivity index (χ1v) is 7.77. The molecule has 2 atom stereocenters. The third kappa shape index (κ3) is 2.69. The van der Waals surface area contributed by atoms with Gasteiger partial charge in [-0.15, -0.1) is 0 Å². The summed E-state index contributed by atoms with van der Waals surface area (Å²) in [6, 6.07) is 10.2. The molecule has 0 saturated carbocycles. The van der Waals surface area contributed by atoms with Crippen molar-refractivity contribution in [3.63, 3.8) is 0 Å². The van der Waals surface area contributed by atoms with E-state index < -0.39 is 0 Å². The zero-order valence-electron chi connectivity index (χ0n) is 11.8. The van der Waals surface area contributed by atoms with Crippen LogP contribution in [-0.4, -0.2) is 12.1 Å². The molecule has 2 unspecified atom stereocenters. The van der Waals surface area contributed by atoms with Gasteiger partial charge in [0.1, 0.15) is 5.75 Å². The second-order valence-electron chi connectivity index (χ2n) is 5.22. The van der Waals surface area contributed by atoms with Crippen molar-refractivity contribution in [1.82, 2.24) is 10.4 Å². The molecule has 4 nitrogen and oxygen atoms in total. The van der Waals surface area contributed by atoms with Crippen LogP contribution in [0.25, 0.3) is 0 Å². The summed E-state index contributed by atoms with van der Waals surface area (Å²) in [5.41, 5.74) is 6.48. The van der Waals surface area contributed by atoms with E-state index in [1.54, 1.807) is 7.11 Å². The molecule has 21 heavy (non-hydrogen) atoms. The van der Waals surface area contributed by atoms with Crippen molar-refractivity contribution >= 4 is 15.9 Å². The van der Waals surface area contributed by atoms with E-state index in [9.17, 15) is 0 Å². The third-order valence-electron chi connectivity index (χ3n) is 4.11. The first-order chi connectivity index (χ1) is 10.2. The van der Waals surface area contributed by atoms with Crippen molar-refractivity contribution < 1.29 is 4.74 Å². The van der Waals surface area contributed by atoms with Crippen LogP contribution >= 0.6 is 15.9 Å². The second kappa shape index (κ2) is 6.13. The summed E-state index contributed by atoms with van der Waals surface area (Å²) in [7, 11) is 1.68. The number of fused-ring (bicyclic) bond motifs is 1. The number of aromatic nitrogens is 1. The summed E-state index contributed by atoms with van der Waals surface area (Å²) < 4.78 is 6.50. The van der Waals surface area contributed by atoms with Gasteiger partial charge in [0.25, 0.3) is 0 Å². The zero-order chi connectivity index (χ0) is 14.8. The monoisotopic (exact) mass is 347 g/mol. The van der Waals surface area contributed by atoms with E-state index in [1.807, 2.05) is 30.5 Å². The van der Waals surface area contributed by atoms with Crippen LogP contribution < -0.4 is 16.0 Å². The normalized spacial score (nSPS) is 18.3. The highest BCUT2D eigenvalue weighted by atomic mass is 79.9. The molecule has 5 heteroatoms. The van der Waals surface area contributed by atoms with Crippen LogP contribution in [0.3, 0.4) is 0 Å². The average molecular weight is 348 g/mol. The number of nitrogens with zero attached hydrogens (tertiary/aromatic N) is 1. The number of pyridine rings is 1. The Bertz CT molecular complexity index is 647. The van der Waals surface area contributed by atoms with Gasteiger partial charge < -0.3 is 4.74 Å². The smallest absolute Gasteiger partial charge is 0.124 e. The van der Waals surface area contributed by atoms with Crippen molar-refractivity contribution in [2.24, 2.45) is 5.84 Å². The van der Waals surface area contributed by atoms with Gasteiger partial charge in [-0.1, -0.05) is 28.1 Å². The number of rotatable bonds is 4. The Labute approximate surface area is 132 Å². The highest BCUT2D eigenvalue weighted by molar-refractivity contribution is 9.10. The number of hydrogen-bond donors (Lipinski definition) is 2. The number of aryl methyl sites for hydroxylation is 1. The lowest BCUT2D eigenvalue weighted by atomic mass is 9.90. The number of nitrogens with two attached hydrogens (primary N) is 1. The topological polar surface area (TPSA) is 60.2 Å². The number of hydrogen-bond acceptors (Lipinski definition) is 4. The highest BCUT2D eigenvalue weighted by Crippen LogP contribution is 2.42. The quantitative estimate of drug-likeness (QED) is 0.659.